The van der Waals surface area contributed by atoms with Crippen LogP contribution in [0.15, 0.2) is 0 Å². The molecule has 1 N–H and O–H groups in total. The maximum atomic E-state index is 11.3. The lowest BCUT2D eigenvalue weighted by Gasteiger charge is -2.37. The van der Waals surface area contributed by atoms with Gasteiger partial charge in [-0.2, -0.15) is 0 Å². The molecule has 2 bridgehead atoms. The molecule has 0 amide bonds. The zero-order valence-electron chi connectivity index (χ0n) is 12.9. The molecule has 116 valence electrons. The number of aryl methyl sites for hydroxylation is 1. The molecule has 0 aliphatic carbocycles. The predicted molar refractivity (Wildman–Crippen MR) is 80.6 cm³/mol. The second kappa shape index (κ2) is 5.29. The number of hydrogen-bond donors (Lipinski definition) is 1. The molecule has 21 heavy (non-hydrogen) atoms. The lowest BCUT2D eigenvalue weighted by atomic mass is 9.98. The summed E-state index contributed by atoms with van der Waals surface area (Å²) in [7, 11) is 1.86. The summed E-state index contributed by atoms with van der Waals surface area (Å²) in [6.45, 7) is 4.65. The van der Waals surface area contributed by atoms with E-state index in [4.69, 9.17) is 0 Å². The van der Waals surface area contributed by atoms with Crippen molar-refractivity contribution in [3.8, 4) is 0 Å². The minimum Gasteiger partial charge on any atom is -0.358 e. The molecule has 3 heterocycles. The van der Waals surface area contributed by atoms with Gasteiger partial charge in [-0.15, -0.1) is 0 Å². The molecule has 0 spiro atoms. The molecule has 7 heteroatoms. The average Bonchev–Trinajstić information content (AvgIpc) is 2.93. The van der Waals surface area contributed by atoms with Gasteiger partial charge in [0.25, 0.3) is 0 Å². The van der Waals surface area contributed by atoms with Crippen molar-refractivity contribution >= 4 is 11.6 Å². The smallest absolute Gasteiger partial charge is 0.358 e. The second-order valence-corrected chi connectivity index (χ2v) is 6.17. The van der Waals surface area contributed by atoms with Gasteiger partial charge < -0.3 is 20.3 Å². The number of fused-ring (bicyclic) bond motifs is 2. The highest BCUT2D eigenvalue weighted by atomic mass is 16.6. The Hall–Kier alpha value is -1.63. The first-order valence-corrected chi connectivity index (χ1v) is 7.71. The van der Waals surface area contributed by atoms with E-state index >= 15 is 0 Å². The van der Waals surface area contributed by atoms with E-state index in [0.717, 1.165) is 19.4 Å². The number of nitrogens with zero attached hydrogens (tertiary/aromatic N) is 4. The average molecular weight is 293 g/mol. The number of hydrogen-bond acceptors (Lipinski definition) is 5. The molecule has 2 saturated heterocycles. The Morgan fingerprint density at radius 3 is 2.57 bits per heavy atom. The van der Waals surface area contributed by atoms with E-state index in [9.17, 15) is 10.1 Å². The van der Waals surface area contributed by atoms with Gasteiger partial charge in [0.2, 0.25) is 11.6 Å². The van der Waals surface area contributed by atoms with Crippen molar-refractivity contribution in [2.24, 2.45) is 7.05 Å². The summed E-state index contributed by atoms with van der Waals surface area (Å²) < 4.78 is 1.85. The van der Waals surface area contributed by atoms with Gasteiger partial charge in [-0.1, -0.05) is 0 Å². The first-order valence-electron chi connectivity index (χ1n) is 7.71. The van der Waals surface area contributed by atoms with Crippen molar-refractivity contribution < 1.29 is 4.92 Å². The maximum Gasteiger partial charge on any atom is 0.406 e. The molecule has 0 saturated carbocycles. The highest BCUT2D eigenvalue weighted by Gasteiger charge is 2.39. The second-order valence-electron chi connectivity index (χ2n) is 6.17. The number of imidazole rings is 1. The Kier molecular flexibility index (Phi) is 3.61. The largest absolute Gasteiger partial charge is 0.406 e. The van der Waals surface area contributed by atoms with E-state index in [1.807, 2.05) is 18.5 Å². The first kappa shape index (κ1) is 14.3. The zero-order chi connectivity index (χ0) is 15.1. The van der Waals surface area contributed by atoms with Crippen molar-refractivity contribution in [3.05, 3.63) is 15.9 Å². The van der Waals surface area contributed by atoms with Crippen LogP contribution in [0.2, 0.25) is 0 Å². The Balaban J connectivity index is 1.95. The summed E-state index contributed by atoms with van der Waals surface area (Å²) in [4.78, 5) is 17.3. The first-order chi connectivity index (χ1) is 10.0. The van der Waals surface area contributed by atoms with Crippen molar-refractivity contribution in [1.29, 1.82) is 0 Å². The van der Waals surface area contributed by atoms with Crippen LogP contribution in [-0.2, 0) is 7.05 Å². The standard InChI is InChI=1S/C14H23N5O2/c1-4-18(12-7-10-5-6-11(8-12)16-10)14-13(19(20)21)15-9(2)17(14)3/h10-12,16H,4-8H2,1-3H3. The third-order valence-electron chi connectivity index (χ3n) is 4.95. The summed E-state index contributed by atoms with van der Waals surface area (Å²) >= 11 is 0. The molecular formula is C14H23N5O2. The van der Waals surface area contributed by atoms with Gasteiger partial charge in [0.05, 0.1) is 0 Å². The fourth-order valence-electron chi connectivity index (χ4n) is 3.89. The normalized spacial score (nSPS) is 27.9. The van der Waals surface area contributed by atoms with Crippen LogP contribution < -0.4 is 10.2 Å². The van der Waals surface area contributed by atoms with Crippen LogP contribution in [0.5, 0.6) is 0 Å². The van der Waals surface area contributed by atoms with Crippen molar-refractivity contribution in [3.63, 3.8) is 0 Å². The van der Waals surface area contributed by atoms with Crippen molar-refractivity contribution in [2.75, 3.05) is 11.4 Å². The summed E-state index contributed by atoms with van der Waals surface area (Å²) in [6, 6.07) is 1.50. The molecule has 0 radical (unpaired) electrons. The minimum absolute atomic E-state index is 0.0114. The summed E-state index contributed by atoms with van der Waals surface area (Å²) in [5.41, 5.74) is 0. The molecule has 2 aliphatic heterocycles. The summed E-state index contributed by atoms with van der Waals surface area (Å²) in [5, 5.41) is 14.9. The SMILES string of the molecule is CCN(c1c([N+](=O)[O-])nc(C)n1C)C1CC2CCC(C1)N2. The lowest BCUT2D eigenvalue weighted by molar-refractivity contribution is -0.388. The molecule has 7 nitrogen and oxygen atoms in total. The van der Waals surface area contributed by atoms with Gasteiger partial charge in [0.15, 0.2) is 0 Å². The Morgan fingerprint density at radius 2 is 2.05 bits per heavy atom. The lowest BCUT2D eigenvalue weighted by Crippen LogP contribution is -2.49. The van der Waals surface area contributed by atoms with Gasteiger partial charge >= 0.3 is 5.82 Å². The van der Waals surface area contributed by atoms with Crippen molar-refractivity contribution in [2.45, 2.75) is 57.7 Å². The van der Waals surface area contributed by atoms with Gasteiger partial charge in [0.1, 0.15) is 0 Å². The van der Waals surface area contributed by atoms with Crippen LogP contribution in [0, 0.1) is 17.0 Å². The van der Waals surface area contributed by atoms with Crippen LogP contribution in [0.4, 0.5) is 11.6 Å². The molecule has 1 aromatic rings. The molecule has 2 unspecified atom stereocenters. The Morgan fingerprint density at radius 1 is 1.43 bits per heavy atom. The number of rotatable bonds is 4. The molecule has 3 rings (SSSR count). The van der Waals surface area contributed by atoms with E-state index in [0.29, 0.717) is 29.8 Å². The molecular weight excluding hydrogens is 270 g/mol. The summed E-state index contributed by atoms with van der Waals surface area (Å²) in [6.07, 6.45) is 4.58. The van der Waals surface area contributed by atoms with E-state index in [-0.39, 0.29) is 10.7 Å². The van der Waals surface area contributed by atoms with E-state index < -0.39 is 0 Å². The van der Waals surface area contributed by atoms with E-state index in [2.05, 4.69) is 22.1 Å². The zero-order valence-corrected chi connectivity index (χ0v) is 12.9. The number of anilines is 1. The van der Waals surface area contributed by atoms with E-state index in [1.54, 1.807) is 0 Å². The number of nitrogens with one attached hydrogen (secondary N) is 1. The topological polar surface area (TPSA) is 76.2 Å². The van der Waals surface area contributed by atoms with Gasteiger partial charge in [-0.3, -0.25) is 4.57 Å². The summed E-state index contributed by atoms with van der Waals surface area (Å²) in [5.74, 6) is 1.33. The number of aromatic nitrogens is 2. The van der Waals surface area contributed by atoms with Crippen molar-refractivity contribution in [1.82, 2.24) is 14.9 Å². The van der Waals surface area contributed by atoms with Crippen LogP contribution in [-0.4, -0.2) is 39.1 Å². The minimum atomic E-state index is -0.360. The molecule has 0 aromatic carbocycles. The maximum absolute atomic E-state index is 11.3. The number of nitro groups is 1. The molecule has 1 aromatic heterocycles. The van der Waals surface area contributed by atoms with Crippen LogP contribution in [0.25, 0.3) is 0 Å². The fraction of sp³-hybridized carbons (Fsp3) is 0.786. The number of piperidine rings is 1. The molecule has 2 atom stereocenters. The Labute approximate surface area is 124 Å². The molecule has 2 aliphatic rings. The van der Waals surface area contributed by atoms with Gasteiger partial charge in [-0.25, -0.2) is 0 Å². The molecule has 2 fully saturated rings. The van der Waals surface area contributed by atoms with Gasteiger partial charge in [-0.05, 0) is 42.5 Å². The third kappa shape index (κ3) is 2.39. The van der Waals surface area contributed by atoms with Gasteiger partial charge in [0, 0.05) is 38.6 Å². The quantitative estimate of drug-likeness (QED) is 0.676. The van der Waals surface area contributed by atoms with Crippen LogP contribution >= 0.6 is 0 Å². The highest BCUT2D eigenvalue weighted by Crippen LogP contribution is 2.35. The van der Waals surface area contributed by atoms with E-state index in [1.165, 1.54) is 12.8 Å². The predicted octanol–water partition coefficient (Wildman–Crippen LogP) is 1.75. The monoisotopic (exact) mass is 293 g/mol. The Bertz CT molecular complexity index is 544. The van der Waals surface area contributed by atoms with Crippen LogP contribution in [0.1, 0.15) is 38.4 Å². The fourth-order valence-corrected chi connectivity index (χ4v) is 3.89. The highest BCUT2D eigenvalue weighted by molar-refractivity contribution is 5.56. The third-order valence-corrected chi connectivity index (χ3v) is 4.95. The van der Waals surface area contributed by atoms with Crippen LogP contribution in [0.3, 0.4) is 0 Å².